The fourth-order valence-corrected chi connectivity index (χ4v) is 1.99. The lowest BCUT2D eigenvalue weighted by Crippen LogP contribution is -2.33. The number of aromatic amines is 1. The van der Waals surface area contributed by atoms with Gasteiger partial charge in [0.05, 0.1) is 5.56 Å². The number of nitrogen functional groups attached to an aromatic ring is 1. The number of nitrogens with two attached hydrogens (primary N) is 1. The van der Waals surface area contributed by atoms with Gasteiger partial charge in [-0.3, -0.25) is 4.79 Å². The van der Waals surface area contributed by atoms with Gasteiger partial charge in [-0.1, -0.05) is 0 Å². The number of carbonyl (C=O) groups is 1. The number of nitrogens with one attached hydrogen (secondary N) is 2. The fraction of sp³-hybridized carbons (Fsp3) is 0.357. The standard InChI is InChI=1S/C14H19N3O2/c1-9(5-6-19-2)17-14(18)12-8-16-13-4-3-10(15)7-11(12)13/h3-4,7-9,16H,5-6,15H2,1-2H3,(H,17,18). The van der Waals surface area contributed by atoms with E-state index in [-0.39, 0.29) is 11.9 Å². The van der Waals surface area contributed by atoms with Crippen molar-refractivity contribution >= 4 is 22.5 Å². The molecule has 2 aromatic rings. The van der Waals surface area contributed by atoms with Crippen molar-refractivity contribution in [2.75, 3.05) is 19.5 Å². The van der Waals surface area contributed by atoms with Crippen LogP contribution in [0.5, 0.6) is 0 Å². The zero-order chi connectivity index (χ0) is 13.8. The largest absolute Gasteiger partial charge is 0.399 e. The maximum atomic E-state index is 12.2. The van der Waals surface area contributed by atoms with E-state index < -0.39 is 0 Å². The Morgan fingerprint density at radius 2 is 2.32 bits per heavy atom. The second-order valence-electron chi connectivity index (χ2n) is 4.66. The van der Waals surface area contributed by atoms with Crippen molar-refractivity contribution in [1.82, 2.24) is 10.3 Å². The molecule has 5 heteroatoms. The quantitative estimate of drug-likeness (QED) is 0.719. The van der Waals surface area contributed by atoms with Crippen molar-refractivity contribution in [3.05, 3.63) is 30.0 Å². The summed E-state index contributed by atoms with van der Waals surface area (Å²) in [4.78, 5) is 15.3. The number of anilines is 1. The van der Waals surface area contributed by atoms with Gasteiger partial charge in [0.2, 0.25) is 0 Å². The van der Waals surface area contributed by atoms with Gasteiger partial charge in [-0.15, -0.1) is 0 Å². The van der Waals surface area contributed by atoms with Gasteiger partial charge >= 0.3 is 0 Å². The molecule has 0 bridgehead atoms. The van der Waals surface area contributed by atoms with Crippen LogP contribution in [-0.4, -0.2) is 30.6 Å². The van der Waals surface area contributed by atoms with Crippen LogP contribution in [0.4, 0.5) is 5.69 Å². The van der Waals surface area contributed by atoms with Crippen LogP contribution in [0.1, 0.15) is 23.7 Å². The van der Waals surface area contributed by atoms with Crippen LogP contribution in [0, 0.1) is 0 Å². The number of amides is 1. The molecule has 4 N–H and O–H groups in total. The molecule has 0 saturated heterocycles. The van der Waals surface area contributed by atoms with Gasteiger partial charge in [0.1, 0.15) is 0 Å². The molecule has 0 aliphatic carbocycles. The molecule has 1 aromatic heterocycles. The van der Waals surface area contributed by atoms with Crippen LogP contribution in [-0.2, 0) is 4.74 Å². The van der Waals surface area contributed by atoms with Crippen molar-refractivity contribution in [2.24, 2.45) is 0 Å². The van der Waals surface area contributed by atoms with Gasteiger partial charge in [-0.2, -0.15) is 0 Å². The highest BCUT2D eigenvalue weighted by Gasteiger charge is 2.14. The van der Waals surface area contributed by atoms with E-state index in [9.17, 15) is 4.79 Å². The number of hydrogen-bond donors (Lipinski definition) is 3. The summed E-state index contributed by atoms with van der Waals surface area (Å²) in [6.07, 6.45) is 2.50. The Kier molecular flexibility index (Phi) is 4.06. The van der Waals surface area contributed by atoms with Crippen LogP contribution in [0.15, 0.2) is 24.4 Å². The van der Waals surface area contributed by atoms with E-state index in [4.69, 9.17) is 10.5 Å². The zero-order valence-electron chi connectivity index (χ0n) is 11.2. The molecule has 0 aliphatic rings. The van der Waals surface area contributed by atoms with Crippen LogP contribution in [0.25, 0.3) is 10.9 Å². The Bertz CT molecular complexity index is 577. The Morgan fingerprint density at radius 1 is 1.53 bits per heavy atom. The molecule has 0 saturated carbocycles. The van der Waals surface area contributed by atoms with Crippen molar-refractivity contribution in [3.8, 4) is 0 Å². The summed E-state index contributed by atoms with van der Waals surface area (Å²) < 4.78 is 5.00. The fourth-order valence-electron chi connectivity index (χ4n) is 1.99. The maximum absolute atomic E-state index is 12.2. The van der Waals surface area contributed by atoms with E-state index in [1.165, 1.54) is 0 Å². The Morgan fingerprint density at radius 3 is 3.05 bits per heavy atom. The van der Waals surface area contributed by atoms with Crippen molar-refractivity contribution in [3.63, 3.8) is 0 Å². The highest BCUT2D eigenvalue weighted by molar-refractivity contribution is 6.07. The first-order valence-corrected chi connectivity index (χ1v) is 6.28. The van der Waals surface area contributed by atoms with E-state index in [1.807, 2.05) is 19.1 Å². The Labute approximate surface area is 112 Å². The SMILES string of the molecule is COCCC(C)NC(=O)c1c[nH]c2ccc(N)cc12. The van der Waals surface area contributed by atoms with Gasteiger partial charge in [-0.25, -0.2) is 0 Å². The Balaban J connectivity index is 2.15. The molecule has 0 spiro atoms. The maximum Gasteiger partial charge on any atom is 0.253 e. The van der Waals surface area contributed by atoms with Crippen molar-refractivity contribution in [1.29, 1.82) is 0 Å². The molecule has 102 valence electrons. The molecule has 1 heterocycles. The molecule has 2 rings (SSSR count). The number of rotatable bonds is 5. The second kappa shape index (κ2) is 5.75. The van der Waals surface area contributed by atoms with Gasteiger partial charge in [-0.05, 0) is 31.5 Å². The first-order valence-electron chi connectivity index (χ1n) is 6.28. The summed E-state index contributed by atoms with van der Waals surface area (Å²) in [6.45, 7) is 2.59. The number of methoxy groups -OCH3 is 1. The third-order valence-electron chi connectivity index (χ3n) is 3.08. The average molecular weight is 261 g/mol. The number of ether oxygens (including phenoxy) is 1. The summed E-state index contributed by atoms with van der Waals surface area (Å²) in [5.74, 6) is -0.0968. The molecule has 1 amide bonds. The summed E-state index contributed by atoms with van der Waals surface area (Å²) in [5, 5.41) is 3.79. The van der Waals surface area contributed by atoms with Crippen LogP contribution in [0.2, 0.25) is 0 Å². The number of H-pyrrole nitrogens is 1. The minimum Gasteiger partial charge on any atom is -0.399 e. The lowest BCUT2D eigenvalue weighted by Gasteiger charge is -2.12. The monoisotopic (exact) mass is 261 g/mol. The van der Waals surface area contributed by atoms with Crippen LogP contribution < -0.4 is 11.1 Å². The van der Waals surface area contributed by atoms with E-state index in [0.29, 0.717) is 17.9 Å². The molecule has 19 heavy (non-hydrogen) atoms. The molecular weight excluding hydrogens is 242 g/mol. The third kappa shape index (κ3) is 3.06. The number of aromatic nitrogens is 1. The zero-order valence-corrected chi connectivity index (χ0v) is 11.2. The molecule has 1 aromatic carbocycles. The highest BCUT2D eigenvalue weighted by atomic mass is 16.5. The molecule has 0 aliphatic heterocycles. The average Bonchev–Trinajstić information content (AvgIpc) is 2.79. The van der Waals surface area contributed by atoms with Crippen LogP contribution in [0.3, 0.4) is 0 Å². The first kappa shape index (κ1) is 13.4. The molecular formula is C14H19N3O2. The smallest absolute Gasteiger partial charge is 0.253 e. The van der Waals surface area contributed by atoms with E-state index in [1.54, 1.807) is 19.4 Å². The van der Waals surface area contributed by atoms with E-state index in [0.717, 1.165) is 17.3 Å². The predicted molar refractivity (Wildman–Crippen MR) is 76.1 cm³/mol. The van der Waals surface area contributed by atoms with Gasteiger partial charge in [0, 0.05) is 42.5 Å². The number of hydrogen-bond acceptors (Lipinski definition) is 3. The first-order chi connectivity index (χ1) is 9.11. The lowest BCUT2D eigenvalue weighted by molar-refractivity contribution is 0.0931. The summed E-state index contributed by atoms with van der Waals surface area (Å²) in [6, 6.07) is 5.55. The van der Waals surface area contributed by atoms with Crippen LogP contribution >= 0.6 is 0 Å². The number of benzene rings is 1. The second-order valence-corrected chi connectivity index (χ2v) is 4.66. The van der Waals surface area contributed by atoms with Gasteiger partial charge in [0.25, 0.3) is 5.91 Å². The third-order valence-corrected chi connectivity index (χ3v) is 3.08. The van der Waals surface area contributed by atoms with E-state index >= 15 is 0 Å². The molecule has 1 atom stereocenters. The number of carbonyl (C=O) groups excluding carboxylic acids is 1. The molecule has 0 fully saturated rings. The summed E-state index contributed by atoms with van der Waals surface area (Å²) in [5.41, 5.74) is 7.93. The Hall–Kier alpha value is -2.01. The molecule has 0 radical (unpaired) electrons. The minimum absolute atomic E-state index is 0.0680. The molecule has 1 unspecified atom stereocenters. The van der Waals surface area contributed by atoms with Crippen molar-refractivity contribution in [2.45, 2.75) is 19.4 Å². The predicted octanol–water partition coefficient (Wildman–Crippen LogP) is 1.90. The van der Waals surface area contributed by atoms with Gasteiger partial charge in [0.15, 0.2) is 0 Å². The normalized spacial score (nSPS) is 12.5. The number of fused-ring (bicyclic) bond motifs is 1. The topological polar surface area (TPSA) is 80.1 Å². The van der Waals surface area contributed by atoms with Gasteiger partial charge < -0.3 is 20.8 Å². The minimum atomic E-state index is -0.0968. The summed E-state index contributed by atoms with van der Waals surface area (Å²) >= 11 is 0. The lowest BCUT2D eigenvalue weighted by atomic mass is 10.1. The van der Waals surface area contributed by atoms with Crippen molar-refractivity contribution < 1.29 is 9.53 Å². The highest BCUT2D eigenvalue weighted by Crippen LogP contribution is 2.21. The summed E-state index contributed by atoms with van der Waals surface area (Å²) in [7, 11) is 1.65. The van der Waals surface area contributed by atoms with E-state index in [2.05, 4.69) is 10.3 Å². The molecule has 5 nitrogen and oxygen atoms in total.